The van der Waals surface area contributed by atoms with Gasteiger partial charge in [0.25, 0.3) is 0 Å². The highest BCUT2D eigenvalue weighted by molar-refractivity contribution is 6.27. The topological polar surface area (TPSA) is 75.2 Å². The van der Waals surface area contributed by atoms with E-state index in [4.69, 9.17) is 35.3 Å². The third-order valence-corrected chi connectivity index (χ3v) is 2.67. The number of amides is 1. The third kappa shape index (κ3) is 15.9. The Bertz CT molecular complexity index is 257. The second-order valence-corrected chi connectivity index (χ2v) is 4.48. The van der Waals surface area contributed by atoms with E-state index in [1.807, 2.05) is 6.92 Å². The molecule has 0 radical (unpaired) electrons. The Morgan fingerprint density at radius 1 is 0.955 bits per heavy atom. The van der Waals surface area contributed by atoms with Gasteiger partial charge in [-0.1, -0.05) is 0 Å². The molecule has 1 atom stereocenters. The summed E-state index contributed by atoms with van der Waals surface area (Å²) >= 11 is 5.34. The van der Waals surface area contributed by atoms with Gasteiger partial charge in [-0.3, -0.25) is 4.79 Å². The van der Waals surface area contributed by atoms with Crippen molar-refractivity contribution in [2.45, 2.75) is 20.1 Å². The number of halogens is 1. The molecule has 0 saturated carbocycles. The average molecular weight is 342 g/mol. The van der Waals surface area contributed by atoms with Crippen molar-refractivity contribution in [3.8, 4) is 0 Å². The zero-order chi connectivity index (χ0) is 16.5. The predicted octanol–water partition coefficient (Wildman–Crippen LogP) is 0.790. The second-order valence-electron chi connectivity index (χ2n) is 4.21. The number of hydrogen-bond donors (Lipinski definition) is 1. The highest BCUT2D eigenvalue weighted by Crippen LogP contribution is 1.93. The number of ether oxygens (including phenoxy) is 5. The molecule has 0 fully saturated rings. The van der Waals surface area contributed by atoms with Crippen LogP contribution in [0.4, 0.5) is 0 Å². The first kappa shape index (κ1) is 21.6. The maximum atomic E-state index is 10.9. The maximum absolute atomic E-state index is 10.9. The number of nitrogens with one attached hydrogen (secondary N) is 1. The molecule has 0 saturated heterocycles. The minimum Gasteiger partial charge on any atom is -0.379 e. The monoisotopic (exact) mass is 341 g/mol. The molecule has 22 heavy (non-hydrogen) atoms. The van der Waals surface area contributed by atoms with Gasteiger partial charge in [0, 0.05) is 13.2 Å². The summed E-state index contributed by atoms with van der Waals surface area (Å²) in [5.41, 5.74) is 0. The molecular formula is C14H28ClNO6. The Hall–Kier alpha value is -0.440. The van der Waals surface area contributed by atoms with Crippen LogP contribution in [0.25, 0.3) is 0 Å². The van der Waals surface area contributed by atoms with Gasteiger partial charge in [-0.05, 0) is 13.8 Å². The maximum Gasteiger partial charge on any atom is 0.235 e. The Labute approximate surface area is 137 Å². The quantitative estimate of drug-likeness (QED) is 0.254. The van der Waals surface area contributed by atoms with Gasteiger partial charge < -0.3 is 29.0 Å². The van der Waals surface area contributed by atoms with E-state index in [9.17, 15) is 4.79 Å². The molecule has 0 rings (SSSR count). The van der Waals surface area contributed by atoms with Crippen molar-refractivity contribution in [3.63, 3.8) is 0 Å². The van der Waals surface area contributed by atoms with Gasteiger partial charge in [0.2, 0.25) is 5.91 Å². The molecule has 0 aromatic heterocycles. The van der Waals surface area contributed by atoms with Crippen molar-refractivity contribution in [1.82, 2.24) is 5.32 Å². The van der Waals surface area contributed by atoms with Crippen molar-refractivity contribution >= 4 is 17.5 Å². The molecule has 0 bridgehead atoms. The largest absolute Gasteiger partial charge is 0.379 e. The first-order valence-corrected chi connectivity index (χ1v) is 8.03. The number of rotatable bonds is 16. The van der Waals surface area contributed by atoms with Crippen molar-refractivity contribution in [1.29, 1.82) is 0 Å². The molecule has 7 nitrogen and oxygen atoms in total. The van der Waals surface area contributed by atoms with E-state index in [-0.39, 0.29) is 18.1 Å². The van der Waals surface area contributed by atoms with E-state index in [1.54, 1.807) is 6.92 Å². The fourth-order valence-electron chi connectivity index (χ4n) is 1.37. The second kappa shape index (κ2) is 16.9. The average Bonchev–Trinajstić information content (AvgIpc) is 2.53. The summed E-state index contributed by atoms with van der Waals surface area (Å²) in [6, 6.07) is 0. The van der Waals surface area contributed by atoms with Gasteiger partial charge in [-0.25, -0.2) is 0 Å². The van der Waals surface area contributed by atoms with Crippen LogP contribution in [0.15, 0.2) is 0 Å². The van der Waals surface area contributed by atoms with Crippen LogP contribution in [0.3, 0.4) is 0 Å². The Morgan fingerprint density at radius 2 is 1.50 bits per heavy atom. The molecule has 0 aromatic carbocycles. The van der Waals surface area contributed by atoms with Crippen molar-refractivity contribution in [2.75, 3.05) is 65.3 Å². The number of hydrogen-bond acceptors (Lipinski definition) is 6. The molecule has 0 aromatic rings. The highest BCUT2D eigenvalue weighted by Gasteiger charge is 2.02. The summed E-state index contributed by atoms with van der Waals surface area (Å²) in [6.45, 7) is 8.40. The first-order chi connectivity index (χ1) is 10.7. The lowest BCUT2D eigenvalue weighted by Gasteiger charge is -2.14. The molecule has 0 aliphatic carbocycles. The predicted molar refractivity (Wildman–Crippen MR) is 83.2 cm³/mol. The molecule has 0 aliphatic heterocycles. The van der Waals surface area contributed by atoms with Crippen LogP contribution in [0.2, 0.25) is 0 Å². The summed E-state index contributed by atoms with van der Waals surface area (Å²) < 4.78 is 26.5. The summed E-state index contributed by atoms with van der Waals surface area (Å²) in [4.78, 5) is 10.9. The van der Waals surface area contributed by atoms with Gasteiger partial charge in [0.15, 0.2) is 6.29 Å². The minimum absolute atomic E-state index is 0.0429. The zero-order valence-electron chi connectivity index (χ0n) is 13.5. The number of carbonyl (C=O) groups is 1. The smallest absolute Gasteiger partial charge is 0.235 e. The van der Waals surface area contributed by atoms with Crippen LogP contribution in [-0.2, 0) is 28.5 Å². The highest BCUT2D eigenvalue weighted by atomic mass is 35.5. The van der Waals surface area contributed by atoms with E-state index in [2.05, 4.69) is 5.32 Å². The SMILES string of the molecule is CCOCCOCCOCCOC(C)OCCNC(=O)CCl. The van der Waals surface area contributed by atoms with E-state index in [1.165, 1.54) is 0 Å². The minimum atomic E-state index is -0.348. The van der Waals surface area contributed by atoms with Crippen molar-refractivity contribution < 1.29 is 28.5 Å². The molecule has 0 aliphatic rings. The van der Waals surface area contributed by atoms with Crippen molar-refractivity contribution in [3.05, 3.63) is 0 Å². The molecule has 8 heteroatoms. The molecule has 1 amide bonds. The van der Waals surface area contributed by atoms with E-state index in [0.29, 0.717) is 59.4 Å². The molecule has 0 heterocycles. The van der Waals surface area contributed by atoms with Gasteiger partial charge in [0.05, 0.1) is 46.2 Å². The summed E-state index contributed by atoms with van der Waals surface area (Å²) in [5.74, 6) is -0.255. The van der Waals surface area contributed by atoms with E-state index >= 15 is 0 Å². The van der Waals surface area contributed by atoms with Gasteiger partial charge in [-0.2, -0.15) is 0 Å². The Balaban J connectivity index is 3.18. The summed E-state index contributed by atoms with van der Waals surface area (Å²) in [7, 11) is 0. The number of carbonyl (C=O) groups excluding carboxylic acids is 1. The molecule has 1 unspecified atom stereocenters. The molecular weight excluding hydrogens is 314 g/mol. The Morgan fingerprint density at radius 3 is 2.09 bits per heavy atom. The molecule has 1 N–H and O–H groups in total. The fraction of sp³-hybridized carbons (Fsp3) is 0.929. The lowest BCUT2D eigenvalue weighted by molar-refractivity contribution is -0.140. The molecule has 0 spiro atoms. The van der Waals surface area contributed by atoms with Crippen molar-refractivity contribution in [2.24, 2.45) is 0 Å². The first-order valence-electron chi connectivity index (χ1n) is 7.49. The normalized spacial score (nSPS) is 12.3. The lowest BCUT2D eigenvalue weighted by atomic mass is 10.6. The molecule has 132 valence electrons. The number of alkyl halides is 1. The lowest BCUT2D eigenvalue weighted by Crippen LogP contribution is -2.29. The van der Waals surface area contributed by atoms with Crippen LogP contribution in [0, 0.1) is 0 Å². The third-order valence-electron chi connectivity index (χ3n) is 2.43. The van der Waals surface area contributed by atoms with Gasteiger partial charge in [0.1, 0.15) is 5.88 Å². The standard InChI is InChI=1S/C14H28ClNO6/c1-3-18-6-7-19-8-9-20-10-11-22-13(2)21-5-4-16-14(17)12-15/h13H,3-12H2,1-2H3,(H,16,17). The summed E-state index contributed by atoms with van der Waals surface area (Å²) in [6.07, 6.45) is -0.348. The van der Waals surface area contributed by atoms with Gasteiger partial charge >= 0.3 is 0 Å². The zero-order valence-corrected chi connectivity index (χ0v) is 14.2. The van der Waals surface area contributed by atoms with Crippen LogP contribution in [0.1, 0.15) is 13.8 Å². The van der Waals surface area contributed by atoms with Crippen LogP contribution >= 0.6 is 11.6 Å². The van der Waals surface area contributed by atoms with Crippen LogP contribution in [0.5, 0.6) is 0 Å². The van der Waals surface area contributed by atoms with Crippen LogP contribution in [-0.4, -0.2) is 77.5 Å². The van der Waals surface area contributed by atoms with Gasteiger partial charge in [-0.15, -0.1) is 11.6 Å². The fourth-order valence-corrected chi connectivity index (χ4v) is 1.46. The Kier molecular flexibility index (Phi) is 16.6. The summed E-state index contributed by atoms with van der Waals surface area (Å²) in [5, 5.41) is 2.60. The van der Waals surface area contributed by atoms with Crippen LogP contribution < -0.4 is 5.32 Å². The van der Waals surface area contributed by atoms with E-state index in [0.717, 1.165) is 0 Å². The van der Waals surface area contributed by atoms with E-state index < -0.39 is 0 Å².